The second kappa shape index (κ2) is 10.1. The number of nitrogens with zero attached hydrogens (tertiary/aromatic N) is 1. The van der Waals surface area contributed by atoms with E-state index in [0.29, 0.717) is 12.0 Å². The van der Waals surface area contributed by atoms with E-state index in [9.17, 15) is 19.5 Å². The summed E-state index contributed by atoms with van der Waals surface area (Å²) in [5.41, 5.74) is -1.39. The van der Waals surface area contributed by atoms with Crippen LogP contribution in [0.4, 0.5) is 0 Å². The smallest absolute Gasteiger partial charge is 0.330 e. The molecule has 1 aliphatic heterocycles. The largest absolute Gasteiger partial charge is 0.436 e. The van der Waals surface area contributed by atoms with Crippen molar-refractivity contribution in [3.05, 3.63) is 62.4 Å². The fourth-order valence-corrected chi connectivity index (χ4v) is 3.82. The summed E-state index contributed by atoms with van der Waals surface area (Å²) in [6.45, 7) is -0.0194. The zero-order chi connectivity index (χ0) is 20.8. The summed E-state index contributed by atoms with van der Waals surface area (Å²) < 4.78 is 18.2. The van der Waals surface area contributed by atoms with Crippen molar-refractivity contribution in [1.29, 1.82) is 0 Å². The highest BCUT2D eigenvalue weighted by molar-refractivity contribution is 7.45. The molecular weight excluding hydrogens is 425 g/mol. The monoisotopic (exact) mass is 443 g/mol. The Bertz CT molecular complexity index is 939. The molecule has 4 unspecified atom stereocenters. The molecule has 2 aromatic rings. The minimum atomic E-state index is -1.67. The van der Waals surface area contributed by atoms with Crippen molar-refractivity contribution in [2.24, 2.45) is 0 Å². The summed E-state index contributed by atoms with van der Waals surface area (Å²) >= 11 is 5.77. The number of carbonyl (C=O) groups is 1. The number of carbonyl (C=O) groups excluding carboxylic acids is 1. The number of hydrogen-bond acceptors (Lipinski definition) is 8. The Labute approximate surface area is 171 Å². The number of aliphatic hydroxyl groups is 1. The van der Waals surface area contributed by atoms with Gasteiger partial charge >= 0.3 is 14.2 Å². The van der Waals surface area contributed by atoms with E-state index < -0.39 is 38.2 Å². The number of para-hydroxylation sites is 1. The summed E-state index contributed by atoms with van der Waals surface area (Å²) in [6.07, 6.45) is -0.534. The molecule has 1 aliphatic rings. The maximum Gasteiger partial charge on any atom is 0.330 e. The van der Waals surface area contributed by atoms with Crippen molar-refractivity contribution < 1.29 is 23.7 Å². The van der Waals surface area contributed by atoms with Gasteiger partial charge in [0.1, 0.15) is 29.4 Å². The molecule has 0 amide bonds. The van der Waals surface area contributed by atoms with Crippen molar-refractivity contribution in [3.8, 4) is 5.75 Å². The zero-order valence-electron chi connectivity index (χ0n) is 15.1. The van der Waals surface area contributed by atoms with Crippen molar-refractivity contribution in [3.63, 3.8) is 0 Å². The Morgan fingerprint density at radius 1 is 1.38 bits per heavy atom. The molecule has 29 heavy (non-hydrogen) atoms. The summed E-state index contributed by atoms with van der Waals surface area (Å²) in [7, 11) is -1.67. The van der Waals surface area contributed by atoms with Gasteiger partial charge in [-0.1, -0.05) is 29.8 Å². The van der Waals surface area contributed by atoms with E-state index in [0.717, 1.165) is 4.57 Å². The van der Waals surface area contributed by atoms with E-state index in [2.05, 4.69) is 10.1 Å². The minimum absolute atomic E-state index is 0.0283. The molecule has 0 saturated carbocycles. The van der Waals surface area contributed by atoms with E-state index in [1.54, 1.807) is 24.3 Å². The Morgan fingerprint density at radius 2 is 2.14 bits per heavy atom. The number of ether oxygens (including phenoxy) is 1. The van der Waals surface area contributed by atoms with Gasteiger partial charge in [-0.05, 0) is 12.1 Å². The van der Waals surface area contributed by atoms with Crippen molar-refractivity contribution in [2.75, 3.05) is 13.2 Å². The maximum atomic E-state index is 12.0. The van der Waals surface area contributed by atoms with Crippen LogP contribution in [0.5, 0.6) is 5.75 Å². The van der Waals surface area contributed by atoms with Gasteiger partial charge in [-0.2, -0.15) is 0 Å². The summed E-state index contributed by atoms with van der Waals surface area (Å²) in [6, 6.07) is 8.91. The quantitative estimate of drug-likeness (QED) is 0.385. The third kappa shape index (κ3) is 5.72. The second-order valence-electron chi connectivity index (χ2n) is 6.06. The van der Waals surface area contributed by atoms with Crippen molar-refractivity contribution >= 4 is 26.4 Å². The van der Waals surface area contributed by atoms with E-state index in [-0.39, 0.29) is 24.6 Å². The lowest BCUT2D eigenvalue weighted by Crippen LogP contribution is -2.32. The van der Waals surface area contributed by atoms with Crippen LogP contribution in [0.1, 0.15) is 12.6 Å². The van der Waals surface area contributed by atoms with Crippen LogP contribution < -0.4 is 20.9 Å². The number of nitrogens with one attached hydrogen (secondary N) is 2. The van der Waals surface area contributed by atoms with Gasteiger partial charge < -0.3 is 23.7 Å². The van der Waals surface area contributed by atoms with Gasteiger partial charge in [0, 0.05) is 12.6 Å². The number of aliphatic hydroxyl groups excluding tert-OH is 1. The molecule has 1 saturated heterocycles. The van der Waals surface area contributed by atoms with Crippen LogP contribution in [0, 0.1) is 0 Å². The van der Waals surface area contributed by atoms with Crippen LogP contribution in [0.2, 0.25) is 5.02 Å². The van der Waals surface area contributed by atoms with Gasteiger partial charge in [0.2, 0.25) is 0 Å². The van der Waals surface area contributed by atoms with Crippen LogP contribution in [-0.4, -0.2) is 46.3 Å². The molecule has 0 radical (unpaired) electrons. The van der Waals surface area contributed by atoms with E-state index >= 15 is 0 Å². The molecule has 12 heteroatoms. The highest BCUT2D eigenvalue weighted by Gasteiger charge is 2.36. The first-order valence-corrected chi connectivity index (χ1v) is 10.2. The predicted molar refractivity (Wildman–Crippen MR) is 105 cm³/mol. The minimum Gasteiger partial charge on any atom is -0.436 e. The molecule has 4 atom stereocenters. The van der Waals surface area contributed by atoms with Gasteiger partial charge in [-0.15, -0.1) is 0 Å². The number of halogens is 1. The molecule has 10 nitrogen and oxygen atoms in total. The Kier molecular flexibility index (Phi) is 7.54. The summed E-state index contributed by atoms with van der Waals surface area (Å²) in [5.74, 6) is 0.553. The third-order valence-electron chi connectivity index (χ3n) is 4.03. The SMILES string of the molecule is O=CCNP(OCC1OC(n2cc(Cl)c(=O)[nH]c2=O)CC1O)Oc1ccccc1. The fourth-order valence-electron chi connectivity index (χ4n) is 2.64. The average Bonchev–Trinajstić information content (AvgIpc) is 3.08. The Hall–Kier alpha value is -2.07. The lowest BCUT2D eigenvalue weighted by molar-refractivity contribution is -0.107. The number of H-pyrrole nitrogens is 1. The molecular formula is C17H19ClN3O7P. The Balaban J connectivity index is 1.63. The fraction of sp³-hybridized carbons (Fsp3) is 0.353. The zero-order valence-corrected chi connectivity index (χ0v) is 16.7. The van der Waals surface area contributed by atoms with Gasteiger partial charge in [0.15, 0.2) is 0 Å². The molecule has 3 rings (SSSR count). The number of benzene rings is 1. The lowest BCUT2D eigenvalue weighted by Gasteiger charge is -2.21. The van der Waals surface area contributed by atoms with Gasteiger partial charge in [0.25, 0.3) is 5.56 Å². The van der Waals surface area contributed by atoms with Gasteiger partial charge in [-0.25, -0.2) is 9.88 Å². The van der Waals surface area contributed by atoms with Crippen LogP contribution in [0.15, 0.2) is 46.1 Å². The molecule has 2 heterocycles. The standard InChI is InChI=1S/C17H19ClN3O7P/c18-12-9-21(17(25)20-16(12)24)15-8-13(23)14(27-15)10-26-29(19-6-7-22)28-11-4-2-1-3-5-11/h1-5,7,9,13-15,19,23H,6,8,10H2,(H,20,24,25). The molecule has 0 bridgehead atoms. The number of aromatic amines is 1. The summed E-state index contributed by atoms with van der Waals surface area (Å²) in [5, 5.41) is 12.9. The molecule has 1 aromatic carbocycles. The topological polar surface area (TPSA) is 132 Å². The van der Waals surface area contributed by atoms with Crippen molar-refractivity contribution in [2.45, 2.75) is 24.9 Å². The Morgan fingerprint density at radius 3 is 2.86 bits per heavy atom. The third-order valence-corrected chi connectivity index (χ3v) is 5.50. The van der Waals surface area contributed by atoms with Gasteiger partial charge in [0.05, 0.1) is 19.3 Å². The molecule has 0 spiro atoms. The second-order valence-corrected chi connectivity index (χ2v) is 7.74. The highest BCUT2D eigenvalue weighted by atomic mass is 35.5. The normalized spacial score (nSPS) is 22.3. The number of aromatic nitrogens is 2. The first kappa shape index (κ1) is 21.6. The lowest BCUT2D eigenvalue weighted by atomic mass is 10.2. The van der Waals surface area contributed by atoms with Crippen LogP contribution in [0.3, 0.4) is 0 Å². The molecule has 3 N–H and O–H groups in total. The number of rotatable bonds is 9. The number of hydrogen-bond donors (Lipinski definition) is 3. The van der Waals surface area contributed by atoms with Crippen LogP contribution in [0.25, 0.3) is 0 Å². The average molecular weight is 444 g/mol. The first-order valence-electron chi connectivity index (χ1n) is 8.65. The predicted octanol–water partition coefficient (Wildman–Crippen LogP) is 0.949. The van der Waals surface area contributed by atoms with Gasteiger partial charge in [-0.3, -0.25) is 14.3 Å². The number of aldehydes is 1. The van der Waals surface area contributed by atoms with E-state index in [1.807, 2.05) is 6.07 Å². The molecule has 156 valence electrons. The van der Waals surface area contributed by atoms with Crippen LogP contribution >= 0.6 is 20.1 Å². The summed E-state index contributed by atoms with van der Waals surface area (Å²) in [4.78, 5) is 36.1. The highest BCUT2D eigenvalue weighted by Crippen LogP contribution is 2.37. The molecule has 1 fully saturated rings. The van der Waals surface area contributed by atoms with E-state index in [1.165, 1.54) is 6.20 Å². The molecule has 0 aliphatic carbocycles. The van der Waals surface area contributed by atoms with Crippen molar-refractivity contribution in [1.82, 2.24) is 14.6 Å². The first-order chi connectivity index (χ1) is 14.0. The maximum absolute atomic E-state index is 12.0. The van der Waals surface area contributed by atoms with E-state index in [4.69, 9.17) is 25.4 Å². The van der Waals surface area contributed by atoms with Crippen LogP contribution in [-0.2, 0) is 14.1 Å². The molecule has 1 aromatic heterocycles.